The first-order chi connectivity index (χ1) is 43.1. The number of rotatable bonds is 21. The first-order valence-electron chi connectivity index (χ1n) is 29.9. The molecule has 28 nitrogen and oxygen atoms in total. The summed E-state index contributed by atoms with van der Waals surface area (Å²) in [6, 6.07) is 12.6. The zero-order valence-corrected chi connectivity index (χ0v) is 49.8. The van der Waals surface area contributed by atoms with E-state index in [-0.39, 0.29) is 36.4 Å². The fraction of sp³-hybridized carbons (Fsp3) is 0.500. The van der Waals surface area contributed by atoms with Crippen LogP contribution in [0.5, 0.6) is 11.5 Å². The molecular weight excluding hydrogens is 1170 g/mol. The minimum absolute atomic E-state index is 0.00344. The second kappa shape index (κ2) is 32.8. The fourth-order valence-corrected chi connectivity index (χ4v) is 10.8. The van der Waals surface area contributed by atoms with Crippen LogP contribution in [0.3, 0.4) is 0 Å². The largest absolute Gasteiger partial charge is 0.508 e. The molecule has 90 heavy (non-hydrogen) atoms. The van der Waals surface area contributed by atoms with Crippen molar-refractivity contribution in [2.24, 2.45) is 0 Å². The number of nitrogens with zero attached hydrogens (tertiary/aromatic N) is 3. The molecule has 14 atom stereocenters. The fourth-order valence-electron chi connectivity index (χ4n) is 10.8. The van der Waals surface area contributed by atoms with Crippen molar-refractivity contribution < 1.29 is 93.4 Å². The van der Waals surface area contributed by atoms with Gasteiger partial charge in [0.2, 0.25) is 35.4 Å². The highest BCUT2D eigenvalue weighted by atomic mass is 16.6. The maximum Gasteiger partial charge on any atom is 0.407 e. The van der Waals surface area contributed by atoms with E-state index in [4.69, 9.17) is 14.2 Å². The third-order valence-electron chi connectivity index (χ3n) is 15.8. The van der Waals surface area contributed by atoms with Gasteiger partial charge in [-0.3, -0.25) is 33.6 Å². The van der Waals surface area contributed by atoms with Crippen LogP contribution in [0.1, 0.15) is 99.2 Å². The van der Waals surface area contributed by atoms with Gasteiger partial charge in [0.25, 0.3) is 5.91 Å². The maximum absolute atomic E-state index is 14.8. The van der Waals surface area contributed by atoms with E-state index in [0.717, 1.165) is 61.0 Å². The van der Waals surface area contributed by atoms with Gasteiger partial charge in [-0.15, -0.1) is 0 Å². The average Bonchev–Trinajstić information content (AvgIpc) is 1.82. The lowest BCUT2D eigenvalue weighted by molar-refractivity contribution is -0.149. The number of fused-ring (bicyclic) bond motifs is 3. The van der Waals surface area contributed by atoms with Crippen LogP contribution in [-0.4, -0.2) is 210 Å². The molecule has 0 bridgehead atoms. The van der Waals surface area contributed by atoms with Crippen molar-refractivity contribution in [3.8, 4) is 17.6 Å². The van der Waals surface area contributed by atoms with Crippen LogP contribution < -0.4 is 36.6 Å². The number of benzene rings is 4. The van der Waals surface area contributed by atoms with Crippen LogP contribution in [0.25, 0.3) is 10.8 Å². The molecule has 3 saturated heterocycles. The monoisotopic (exact) mass is 1250 g/mol. The van der Waals surface area contributed by atoms with Crippen molar-refractivity contribution in [2.45, 2.75) is 163 Å². The van der Waals surface area contributed by atoms with Crippen LogP contribution in [0, 0.1) is 11.3 Å². The molecule has 8 amide bonds. The van der Waals surface area contributed by atoms with E-state index in [1.54, 1.807) is 60.7 Å². The molecule has 4 aromatic rings. The summed E-state index contributed by atoms with van der Waals surface area (Å²) >= 11 is 0. The lowest BCUT2D eigenvalue weighted by Crippen LogP contribution is -2.64. The second-order valence-corrected chi connectivity index (χ2v) is 22.5. The van der Waals surface area contributed by atoms with E-state index in [1.807, 2.05) is 0 Å². The van der Waals surface area contributed by atoms with Crippen LogP contribution >= 0.6 is 0 Å². The van der Waals surface area contributed by atoms with Crippen LogP contribution in [0.4, 0.5) is 4.79 Å². The van der Waals surface area contributed by atoms with Gasteiger partial charge in [-0.25, -0.2) is 4.79 Å². The smallest absolute Gasteiger partial charge is 0.407 e. The highest BCUT2D eigenvalue weighted by molar-refractivity contribution is 6.02. The first-order valence-corrected chi connectivity index (χ1v) is 29.9. The maximum atomic E-state index is 14.8. The summed E-state index contributed by atoms with van der Waals surface area (Å²) < 4.78 is 17.2. The third-order valence-corrected chi connectivity index (χ3v) is 15.8. The van der Waals surface area contributed by atoms with Crippen molar-refractivity contribution in [1.82, 2.24) is 41.7 Å². The van der Waals surface area contributed by atoms with E-state index in [9.17, 15) is 84.5 Å². The van der Waals surface area contributed by atoms with E-state index in [1.165, 1.54) is 24.3 Å². The SMILES string of the molecule is CCCCCCCOc1ccc2cc(C(=O)N[C@H]3C[C@@H](O)[C@H](OCCNC(=O)OCc4ccccc4)NC(=O)[C@@H]4[C@@H](O)CCN4C(=O)[C@H]([C@H](O)CC#N)NC(=O)[C@H]([C@H](O)[C@H](O)c4ccc(O)cc4)NC(=O)[C@@H]4C[C@@H](O)CN4C(=O)[C@H]([C@@H](C)O)NC3=O)ccc2c1. The Balaban J connectivity index is 1.26. The minimum Gasteiger partial charge on any atom is -0.508 e. The number of nitrogens with one attached hydrogen (secondary N) is 6. The van der Waals surface area contributed by atoms with Crippen LogP contribution in [0.15, 0.2) is 91.0 Å². The van der Waals surface area contributed by atoms with Gasteiger partial charge in [-0.1, -0.05) is 87.2 Å². The number of unbranched alkanes of at least 4 members (excludes halogenated alkanes) is 4. The third kappa shape index (κ3) is 18.3. The molecule has 0 aromatic heterocycles. The molecule has 0 radical (unpaired) electrons. The first kappa shape index (κ1) is 69.0. The molecule has 28 heteroatoms. The number of carbonyl (C=O) groups is 8. The number of aliphatic hydroxyl groups is 7. The summed E-state index contributed by atoms with van der Waals surface area (Å²) in [5.41, 5.74) is 0.541. The second-order valence-electron chi connectivity index (χ2n) is 22.5. The molecule has 3 fully saturated rings. The van der Waals surface area contributed by atoms with Crippen molar-refractivity contribution in [3.05, 3.63) is 108 Å². The number of amides is 8. The van der Waals surface area contributed by atoms with Gasteiger partial charge in [-0.2, -0.15) is 5.26 Å². The molecule has 3 heterocycles. The number of aliphatic hydroxyl groups excluding tert-OH is 7. The molecule has 3 aliphatic heterocycles. The lowest BCUT2D eigenvalue weighted by Gasteiger charge is -2.34. The standard InChI is InChI=1S/C62H79N9O19/c1-3-4-5-6-10-26-88-42-20-17-37-28-39(14-13-38(37)29-42)54(80)65-43-31-47(77)59(89-27-24-64-62(87)90-33-35-11-8-7-9-12-35)69-58(84)51-46(76)22-25-70(51)61(86)49(45(75)21-23-63)67-57(83)50(53(79)52(78)36-15-18-40(73)19-16-36)68-56(82)44-30-41(74)32-71(44)60(85)48(34(2)72)66-55(43)81/h7-9,11-20,28-29,34,41,43-53,59,72-79H,3-6,10,21-22,24-27,30-33H2,1-2H3,(H,64,87)(H,65,80)(H,66,81)(H,67,83)(H,68,82)(H,69,84)/t34-,41-,43+,44+,45-,46+,47-,48+,49+,50+,51+,52-,53+,59+/m1/s1. The summed E-state index contributed by atoms with van der Waals surface area (Å²) in [6.07, 6.45) is -14.0. The molecular formula is C62H79N9O19. The molecule has 7 rings (SSSR count). The van der Waals surface area contributed by atoms with Gasteiger partial charge in [0, 0.05) is 38.0 Å². The molecule has 4 aromatic carbocycles. The Morgan fingerprint density at radius 3 is 2.12 bits per heavy atom. The van der Waals surface area contributed by atoms with Gasteiger partial charge in [0.1, 0.15) is 72.7 Å². The molecule has 14 N–H and O–H groups in total. The summed E-state index contributed by atoms with van der Waals surface area (Å²) in [6.45, 7) is 1.65. The van der Waals surface area contributed by atoms with E-state index >= 15 is 0 Å². The van der Waals surface area contributed by atoms with Gasteiger partial charge >= 0.3 is 6.09 Å². The highest BCUT2D eigenvalue weighted by Crippen LogP contribution is 2.28. The summed E-state index contributed by atoms with van der Waals surface area (Å²) in [7, 11) is 0. The summed E-state index contributed by atoms with van der Waals surface area (Å²) in [4.78, 5) is 117. The number of aromatic hydroxyl groups is 1. The normalized spacial score (nSPS) is 25.2. The summed E-state index contributed by atoms with van der Waals surface area (Å²) in [5, 5.41) is 116. The van der Waals surface area contributed by atoms with E-state index in [0.29, 0.717) is 28.7 Å². The molecule has 3 aliphatic rings. The van der Waals surface area contributed by atoms with Gasteiger partial charge < -0.3 is 96.8 Å². The Morgan fingerprint density at radius 1 is 0.733 bits per heavy atom. The minimum atomic E-state index is -2.38. The predicted octanol–water partition coefficient (Wildman–Crippen LogP) is -0.729. The Morgan fingerprint density at radius 2 is 1.41 bits per heavy atom. The highest BCUT2D eigenvalue weighted by Gasteiger charge is 2.49. The number of hydrogen-bond donors (Lipinski definition) is 14. The van der Waals surface area contributed by atoms with Crippen LogP contribution in [0.2, 0.25) is 0 Å². The number of carbonyl (C=O) groups excluding carboxylic acids is 8. The zero-order valence-electron chi connectivity index (χ0n) is 49.8. The number of alkyl carbamates (subject to hydrolysis) is 1. The number of ether oxygens (including phenoxy) is 3. The van der Waals surface area contributed by atoms with Crippen molar-refractivity contribution in [1.29, 1.82) is 5.26 Å². The molecule has 486 valence electrons. The van der Waals surface area contributed by atoms with Crippen LogP contribution in [-0.2, 0) is 44.8 Å². The topological polar surface area (TPSA) is 429 Å². The molecule has 0 saturated carbocycles. The number of nitriles is 1. The zero-order chi connectivity index (χ0) is 65.2. The van der Waals surface area contributed by atoms with Crippen molar-refractivity contribution in [2.75, 3.05) is 32.8 Å². The Kier molecular flexibility index (Phi) is 25.1. The van der Waals surface area contributed by atoms with Gasteiger partial charge in [-0.05, 0) is 78.1 Å². The van der Waals surface area contributed by atoms with E-state index in [2.05, 4.69) is 38.8 Å². The Hall–Kier alpha value is -8.53. The Bertz CT molecular complexity index is 3170. The van der Waals surface area contributed by atoms with Crippen molar-refractivity contribution in [3.63, 3.8) is 0 Å². The quantitative estimate of drug-likeness (QED) is 0.0457. The lowest BCUT2D eigenvalue weighted by atomic mass is 9.96. The van der Waals surface area contributed by atoms with E-state index < -0.39 is 172 Å². The van der Waals surface area contributed by atoms with Crippen molar-refractivity contribution >= 4 is 58.2 Å². The Labute approximate surface area is 518 Å². The molecule has 0 aliphatic carbocycles. The summed E-state index contributed by atoms with van der Waals surface area (Å²) in [5.74, 6) is -8.37. The van der Waals surface area contributed by atoms with Gasteiger partial charge in [0.15, 0.2) is 6.23 Å². The predicted molar refractivity (Wildman–Crippen MR) is 318 cm³/mol. The van der Waals surface area contributed by atoms with Gasteiger partial charge in [0.05, 0.1) is 50.1 Å². The molecule has 0 spiro atoms. The average molecular weight is 1250 g/mol. The number of phenolic OH excluding ortho intramolecular Hbond substituents is 1. The number of hydrogen-bond acceptors (Lipinski definition) is 20. The molecule has 0 unspecified atom stereocenters. The number of phenols is 1.